The lowest BCUT2D eigenvalue weighted by molar-refractivity contribution is -0.135. The van der Waals surface area contributed by atoms with Gasteiger partial charge in [-0.2, -0.15) is 0 Å². The van der Waals surface area contributed by atoms with E-state index in [2.05, 4.69) is 15.2 Å². The van der Waals surface area contributed by atoms with Gasteiger partial charge in [-0.15, -0.1) is 0 Å². The van der Waals surface area contributed by atoms with Crippen LogP contribution in [0.4, 0.5) is 0 Å². The van der Waals surface area contributed by atoms with Gasteiger partial charge in [0.2, 0.25) is 11.8 Å². The van der Waals surface area contributed by atoms with Crippen LogP contribution in [0, 0.1) is 0 Å². The fraction of sp³-hybridized carbons (Fsp3) is 0.296. The Morgan fingerprint density at radius 3 is 2.42 bits per heavy atom. The first-order valence-corrected chi connectivity index (χ1v) is 12.2. The summed E-state index contributed by atoms with van der Waals surface area (Å²) in [6.07, 6.45) is 1.86. The Kier molecular flexibility index (Phi) is 8.76. The average Bonchev–Trinajstić information content (AvgIpc) is 2.90. The molecule has 2 heterocycles. The van der Waals surface area contributed by atoms with E-state index in [9.17, 15) is 9.59 Å². The van der Waals surface area contributed by atoms with Crippen molar-refractivity contribution in [1.29, 1.82) is 0 Å². The fourth-order valence-corrected chi connectivity index (χ4v) is 3.94. The highest BCUT2D eigenvalue weighted by Gasteiger charge is 2.29. The van der Waals surface area contributed by atoms with Crippen molar-refractivity contribution in [2.45, 2.75) is 12.5 Å². The summed E-state index contributed by atoms with van der Waals surface area (Å²) in [5, 5.41) is 3.47. The van der Waals surface area contributed by atoms with Crippen LogP contribution >= 0.6 is 11.6 Å². The van der Waals surface area contributed by atoms with Gasteiger partial charge in [-0.25, -0.2) is 4.98 Å². The third-order valence-electron chi connectivity index (χ3n) is 5.88. The second-order valence-corrected chi connectivity index (χ2v) is 8.95. The summed E-state index contributed by atoms with van der Waals surface area (Å²) in [6.45, 7) is 3.07. The summed E-state index contributed by atoms with van der Waals surface area (Å²) in [4.78, 5) is 34.9. The van der Waals surface area contributed by atoms with Gasteiger partial charge in [-0.1, -0.05) is 29.8 Å². The van der Waals surface area contributed by atoms with E-state index in [0.29, 0.717) is 36.0 Å². The van der Waals surface area contributed by atoms with Gasteiger partial charge < -0.3 is 24.6 Å². The maximum atomic E-state index is 13.4. The predicted octanol–water partition coefficient (Wildman–Crippen LogP) is 3.87. The number of hydrogen-bond donors (Lipinski definition) is 1. The zero-order valence-electron chi connectivity index (χ0n) is 20.1. The SMILES string of the molecule is CN1CCN(C(=O)C(CCOc2ccccc2)NC(=O)c2cccnc2Oc2ccc(Cl)cc2)CC1. The van der Waals surface area contributed by atoms with Gasteiger partial charge in [0.1, 0.15) is 23.1 Å². The summed E-state index contributed by atoms with van der Waals surface area (Å²) < 4.78 is 11.7. The normalized spacial score (nSPS) is 14.7. The van der Waals surface area contributed by atoms with Gasteiger partial charge in [0, 0.05) is 43.8 Å². The number of carbonyl (C=O) groups excluding carboxylic acids is 2. The van der Waals surface area contributed by atoms with Crippen LogP contribution in [-0.2, 0) is 4.79 Å². The van der Waals surface area contributed by atoms with E-state index in [-0.39, 0.29) is 24.0 Å². The summed E-state index contributed by atoms with van der Waals surface area (Å²) in [5.74, 6) is 0.772. The summed E-state index contributed by atoms with van der Waals surface area (Å²) in [5.41, 5.74) is 0.229. The highest BCUT2D eigenvalue weighted by molar-refractivity contribution is 6.30. The first kappa shape index (κ1) is 25.5. The molecule has 4 rings (SSSR count). The second kappa shape index (κ2) is 12.4. The molecule has 1 N–H and O–H groups in total. The van der Waals surface area contributed by atoms with E-state index in [1.165, 1.54) is 0 Å². The van der Waals surface area contributed by atoms with Crippen LogP contribution in [0.2, 0.25) is 5.02 Å². The lowest BCUT2D eigenvalue weighted by Gasteiger charge is -2.34. The van der Waals surface area contributed by atoms with Crippen LogP contribution < -0.4 is 14.8 Å². The number of amides is 2. The van der Waals surface area contributed by atoms with Crippen molar-refractivity contribution in [3.05, 3.63) is 83.5 Å². The molecule has 0 aliphatic carbocycles. The fourth-order valence-electron chi connectivity index (χ4n) is 3.81. The van der Waals surface area contributed by atoms with Gasteiger partial charge in [-0.05, 0) is 55.6 Å². The lowest BCUT2D eigenvalue weighted by Crippen LogP contribution is -2.54. The van der Waals surface area contributed by atoms with Crippen LogP contribution in [0.3, 0.4) is 0 Å². The summed E-state index contributed by atoms with van der Waals surface area (Å²) >= 11 is 5.95. The van der Waals surface area contributed by atoms with Crippen molar-refractivity contribution in [2.24, 2.45) is 0 Å². The van der Waals surface area contributed by atoms with Gasteiger partial charge in [-0.3, -0.25) is 9.59 Å². The third-order valence-corrected chi connectivity index (χ3v) is 6.13. The van der Waals surface area contributed by atoms with Gasteiger partial charge in [0.05, 0.1) is 6.61 Å². The number of nitrogens with zero attached hydrogens (tertiary/aromatic N) is 3. The highest BCUT2D eigenvalue weighted by Crippen LogP contribution is 2.24. The molecule has 188 valence electrons. The molecule has 0 radical (unpaired) electrons. The Morgan fingerprint density at radius 1 is 0.972 bits per heavy atom. The molecule has 1 aliphatic heterocycles. The first-order valence-electron chi connectivity index (χ1n) is 11.8. The Morgan fingerprint density at radius 2 is 1.69 bits per heavy atom. The molecule has 0 spiro atoms. The number of hydrogen-bond acceptors (Lipinski definition) is 6. The van der Waals surface area contributed by atoms with Gasteiger partial charge >= 0.3 is 0 Å². The van der Waals surface area contributed by atoms with Crippen molar-refractivity contribution >= 4 is 23.4 Å². The smallest absolute Gasteiger partial charge is 0.257 e. The third kappa shape index (κ3) is 6.96. The van der Waals surface area contributed by atoms with E-state index in [1.54, 1.807) is 47.5 Å². The number of piperazine rings is 1. The number of likely N-dealkylation sites (N-methyl/N-ethyl adjacent to an activating group) is 1. The van der Waals surface area contributed by atoms with Crippen molar-refractivity contribution in [3.63, 3.8) is 0 Å². The van der Waals surface area contributed by atoms with Crippen LogP contribution in [0.15, 0.2) is 72.9 Å². The van der Waals surface area contributed by atoms with Crippen LogP contribution in [0.25, 0.3) is 0 Å². The minimum atomic E-state index is -0.756. The van der Waals surface area contributed by atoms with Crippen LogP contribution in [0.5, 0.6) is 17.4 Å². The zero-order chi connectivity index (χ0) is 25.3. The van der Waals surface area contributed by atoms with Crippen molar-refractivity contribution in [2.75, 3.05) is 39.8 Å². The van der Waals surface area contributed by atoms with Crippen molar-refractivity contribution < 1.29 is 19.1 Å². The van der Waals surface area contributed by atoms with E-state index >= 15 is 0 Å². The van der Waals surface area contributed by atoms with Crippen LogP contribution in [-0.4, -0.2) is 72.5 Å². The summed E-state index contributed by atoms with van der Waals surface area (Å²) in [7, 11) is 2.03. The first-order chi connectivity index (χ1) is 17.5. The largest absolute Gasteiger partial charge is 0.494 e. The maximum absolute atomic E-state index is 13.4. The predicted molar refractivity (Wildman–Crippen MR) is 138 cm³/mol. The molecule has 1 aliphatic rings. The minimum absolute atomic E-state index is 0.128. The summed E-state index contributed by atoms with van der Waals surface area (Å²) in [6, 6.07) is 18.7. The molecule has 1 aromatic heterocycles. The number of para-hydroxylation sites is 1. The molecule has 0 saturated carbocycles. The zero-order valence-corrected chi connectivity index (χ0v) is 20.9. The number of halogens is 1. The molecule has 1 atom stereocenters. The van der Waals surface area contributed by atoms with E-state index in [4.69, 9.17) is 21.1 Å². The standard InChI is InChI=1S/C27H29ClN4O4/c1-31-15-17-32(18-16-31)27(34)24(13-19-35-21-6-3-2-4-7-21)30-25(33)23-8-5-14-29-26(23)36-22-11-9-20(28)10-12-22/h2-12,14,24H,13,15-19H2,1H3,(H,30,33). The van der Waals surface area contributed by atoms with E-state index in [1.807, 2.05) is 37.4 Å². The number of rotatable bonds is 9. The lowest BCUT2D eigenvalue weighted by atomic mass is 10.1. The minimum Gasteiger partial charge on any atom is -0.494 e. The van der Waals surface area contributed by atoms with Crippen LogP contribution in [0.1, 0.15) is 16.8 Å². The Hall–Kier alpha value is -3.62. The monoisotopic (exact) mass is 508 g/mol. The van der Waals surface area contributed by atoms with Crippen molar-refractivity contribution in [3.8, 4) is 17.4 Å². The average molecular weight is 509 g/mol. The quantitative estimate of drug-likeness (QED) is 0.472. The molecular weight excluding hydrogens is 480 g/mol. The number of nitrogens with one attached hydrogen (secondary N) is 1. The number of aromatic nitrogens is 1. The second-order valence-electron chi connectivity index (χ2n) is 8.52. The molecule has 3 aromatic rings. The molecule has 9 heteroatoms. The topological polar surface area (TPSA) is 84.0 Å². The van der Waals surface area contributed by atoms with E-state index in [0.717, 1.165) is 13.1 Å². The van der Waals surface area contributed by atoms with E-state index < -0.39 is 11.9 Å². The molecule has 2 amide bonds. The molecule has 1 fully saturated rings. The number of ether oxygens (including phenoxy) is 2. The number of pyridine rings is 1. The molecule has 2 aromatic carbocycles. The molecule has 36 heavy (non-hydrogen) atoms. The molecule has 8 nitrogen and oxygen atoms in total. The maximum Gasteiger partial charge on any atom is 0.257 e. The Labute approximate surface area is 215 Å². The number of benzene rings is 2. The van der Waals surface area contributed by atoms with Gasteiger partial charge in [0.15, 0.2) is 0 Å². The Balaban J connectivity index is 1.48. The van der Waals surface area contributed by atoms with Gasteiger partial charge in [0.25, 0.3) is 5.91 Å². The molecular formula is C27H29ClN4O4. The molecule has 1 saturated heterocycles. The molecule has 0 bridgehead atoms. The highest BCUT2D eigenvalue weighted by atomic mass is 35.5. The molecule has 1 unspecified atom stereocenters. The Bertz CT molecular complexity index is 1150. The van der Waals surface area contributed by atoms with Crippen molar-refractivity contribution in [1.82, 2.24) is 20.1 Å². The number of carbonyl (C=O) groups is 2.